The van der Waals surface area contributed by atoms with E-state index in [1.165, 1.54) is 6.92 Å². The first-order chi connectivity index (χ1) is 9.92. The van der Waals surface area contributed by atoms with Crippen LogP contribution in [0.1, 0.15) is 33.1 Å². The third kappa shape index (κ3) is 6.60. The van der Waals surface area contributed by atoms with Gasteiger partial charge in [-0.2, -0.15) is 0 Å². The molecule has 1 rings (SSSR count). The first-order valence-electron chi connectivity index (χ1n) is 6.99. The minimum Gasteiger partial charge on any atom is -0.330 e. The van der Waals surface area contributed by atoms with Crippen LogP contribution in [0.4, 0.5) is 11.4 Å². The van der Waals surface area contributed by atoms with E-state index < -0.39 is 0 Å². The van der Waals surface area contributed by atoms with Crippen LogP contribution in [-0.2, 0) is 9.59 Å². The zero-order valence-corrected chi connectivity index (χ0v) is 13.2. The summed E-state index contributed by atoms with van der Waals surface area (Å²) in [6.07, 6.45) is 2.18. The molecule has 1 unspecified atom stereocenters. The lowest BCUT2D eigenvalue weighted by atomic mass is 10.0. The molecule has 4 N–H and O–H groups in total. The average Bonchev–Trinajstić information content (AvgIpc) is 2.39. The molecule has 1 atom stereocenters. The van der Waals surface area contributed by atoms with Crippen molar-refractivity contribution in [1.82, 2.24) is 0 Å². The standard InChI is InChI=1S/C15H22ClN3O2/c1-10(7-8-17)3-6-15(21)19-12-4-5-14(13(16)9-12)18-11(2)20/h4-5,9-10H,3,6-8,17H2,1-2H3,(H,18,20)(H,19,21). The van der Waals surface area contributed by atoms with Crippen LogP contribution in [0.25, 0.3) is 0 Å². The summed E-state index contributed by atoms with van der Waals surface area (Å²) in [6, 6.07) is 4.99. The second kappa shape index (κ2) is 8.64. The lowest BCUT2D eigenvalue weighted by molar-refractivity contribution is -0.116. The highest BCUT2D eigenvalue weighted by Gasteiger charge is 2.08. The summed E-state index contributed by atoms with van der Waals surface area (Å²) >= 11 is 6.05. The second-order valence-electron chi connectivity index (χ2n) is 5.15. The molecule has 0 radical (unpaired) electrons. The van der Waals surface area contributed by atoms with Gasteiger partial charge >= 0.3 is 0 Å². The average molecular weight is 312 g/mol. The summed E-state index contributed by atoms with van der Waals surface area (Å²) in [5.74, 6) is 0.191. The number of hydrogen-bond donors (Lipinski definition) is 3. The van der Waals surface area contributed by atoms with E-state index in [1.54, 1.807) is 18.2 Å². The first kappa shape index (κ1) is 17.5. The molecule has 0 heterocycles. The number of nitrogens with one attached hydrogen (secondary N) is 2. The molecule has 1 aromatic carbocycles. The van der Waals surface area contributed by atoms with Crippen molar-refractivity contribution in [1.29, 1.82) is 0 Å². The topological polar surface area (TPSA) is 84.2 Å². The Balaban J connectivity index is 2.53. The molecule has 2 amide bonds. The quantitative estimate of drug-likeness (QED) is 0.723. The summed E-state index contributed by atoms with van der Waals surface area (Å²) in [5.41, 5.74) is 6.62. The van der Waals surface area contributed by atoms with Gasteiger partial charge in [0, 0.05) is 19.0 Å². The molecule has 21 heavy (non-hydrogen) atoms. The van der Waals surface area contributed by atoms with Gasteiger partial charge in [-0.3, -0.25) is 9.59 Å². The van der Waals surface area contributed by atoms with Crippen LogP contribution in [-0.4, -0.2) is 18.4 Å². The number of carbonyl (C=O) groups is 2. The highest BCUT2D eigenvalue weighted by molar-refractivity contribution is 6.34. The molecule has 0 saturated heterocycles. The molecular formula is C15H22ClN3O2. The number of amides is 2. The van der Waals surface area contributed by atoms with Crippen molar-refractivity contribution in [2.75, 3.05) is 17.2 Å². The summed E-state index contributed by atoms with van der Waals surface area (Å²) in [5, 5.41) is 5.79. The predicted molar refractivity (Wildman–Crippen MR) is 86.5 cm³/mol. The monoisotopic (exact) mass is 311 g/mol. The number of carbonyl (C=O) groups excluding carboxylic acids is 2. The minimum atomic E-state index is -0.192. The maximum atomic E-state index is 11.8. The summed E-state index contributed by atoms with van der Waals surface area (Å²) in [4.78, 5) is 22.8. The van der Waals surface area contributed by atoms with E-state index in [0.717, 1.165) is 12.8 Å². The van der Waals surface area contributed by atoms with Crippen molar-refractivity contribution >= 4 is 34.8 Å². The van der Waals surface area contributed by atoms with Crippen molar-refractivity contribution in [2.24, 2.45) is 11.7 Å². The zero-order chi connectivity index (χ0) is 15.8. The zero-order valence-electron chi connectivity index (χ0n) is 12.4. The normalized spacial score (nSPS) is 11.8. The SMILES string of the molecule is CC(=O)Nc1ccc(NC(=O)CCC(C)CCN)cc1Cl. The number of benzene rings is 1. The third-order valence-electron chi connectivity index (χ3n) is 3.09. The van der Waals surface area contributed by atoms with Gasteiger partial charge in [0.15, 0.2) is 0 Å². The van der Waals surface area contributed by atoms with E-state index in [-0.39, 0.29) is 11.8 Å². The van der Waals surface area contributed by atoms with Crippen molar-refractivity contribution < 1.29 is 9.59 Å². The predicted octanol–water partition coefficient (Wildman–Crippen LogP) is 3.00. The number of hydrogen-bond acceptors (Lipinski definition) is 3. The first-order valence-corrected chi connectivity index (χ1v) is 7.37. The maximum absolute atomic E-state index is 11.8. The third-order valence-corrected chi connectivity index (χ3v) is 3.40. The Bertz CT molecular complexity index is 506. The fourth-order valence-electron chi connectivity index (χ4n) is 1.91. The minimum absolute atomic E-state index is 0.0535. The van der Waals surface area contributed by atoms with Gasteiger partial charge in [0.05, 0.1) is 10.7 Å². The van der Waals surface area contributed by atoms with Crippen LogP contribution >= 0.6 is 11.6 Å². The van der Waals surface area contributed by atoms with E-state index in [1.807, 2.05) is 0 Å². The second-order valence-corrected chi connectivity index (χ2v) is 5.55. The molecular weight excluding hydrogens is 290 g/mol. The van der Waals surface area contributed by atoms with E-state index in [2.05, 4.69) is 17.6 Å². The molecule has 5 nitrogen and oxygen atoms in total. The van der Waals surface area contributed by atoms with Crippen molar-refractivity contribution in [3.8, 4) is 0 Å². The van der Waals surface area contributed by atoms with E-state index in [9.17, 15) is 9.59 Å². The smallest absolute Gasteiger partial charge is 0.224 e. The van der Waals surface area contributed by atoms with Gasteiger partial charge in [0.25, 0.3) is 0 Å². The van der Waals surface area contributed by atoms with E-state index >= 15 is 0 Å². The molecule has 1 aromatic rings. The highest BCUT2D eigenvalue weighted by Crippen LogP contribution is 2.25. The molecule has 0 aliphatic carbocycles. The fourth-order valence-corrected chi connectivity index (χ4v) is 2.14. The van der Waals surface area contributed by atoms with Crippen LogP contribution in [0.15, 0.2) is 18.2 Å². The molecule has 0 fully saturated rings. The van der Waals surface area contributed by atoms with Gasteiger partial charge < -0.3 is 16.4 Å². The number of halogens is 1. The highest BCUT2D eigenvalue weighted by atomic mass is 35.5. The van der Waals surface area contributed by atoms with Crippen molar-refractivity contribution in [3.05, 3.63) is 23.2 Å². The van der Waals surface area contributed by atoms with Crippen LogP contribution in [0.5, 0.6) is 0 Å². The Kier molecular flexibility index (Phi) is 7.19. The fraction of sp³-hybridized carbons (Fsp3) is 0.467. The lowest BCUT2D eigenvalue weighted by Gasteiger charge is -2.11. The Hall–Kier alpha value is -1.59. The summed E-state index contributed by atoms with van der Waals surface area (Å²) in [7, 11) is 0. The van der Waals surface area contributed by atoms with Crippen molar-refractivity contribution in [2.45, 2.75) is 33.1 Å². The molecule has 116 valence electrons. The number of rotatable bonds is 7. The van der Waals surface area contributed by atoms with Gasteiger partial charge in [0.1, 0.15) is 0 Å². The van der Waals surface area contributed by atoms with Crippen LogP contribution in [0, 0.1) is 5.92 Å². The maximum Gasteiger partial charge on any atom is 0.224 e. The Morgan fingerprint density at radius 2 is 2.00 bits per heavy atom. The molecule has 0 aromatic heterocycles. The lowest BCUT2D eigenvalue weighted by Crippen LogP contribution is -2.14. The molecule has 0 aliphatic rings. The largest absolute Gasteiger partial charge is 0.330 e. The Morgan fingerprint density at radius 3 is 2.57 bits per heavy atom. The van der Waals surface area contributed by atoms with Gasteiger partial charge in [-0.1, -0.05) is 18.5 Å². The van der Waals surface area contributed by atoms with Gasteiger partial charge in [-0.25, -0.2) is 0 Å². The molecule has 6 heteroatoms. The van der Waals surface area contributed by atoms with Gasteiger partial charge in [0.2, 0.25) is 11.8 Å². The van der Waals surface area contributed by atoms with Crippen molar-refractivity contribution in [3.63, 3.8) is 0 Å². The Morgan fingerprint density at radius 1 is 1.29 bits per heavy atom. The molecule has 0 bridgehead atoms. The molecule has 0 spiro atoms. The number of nitrogens with two attached hydrogens (primary N) is 1. The summed E-state index contributed by atoms with van der Waals surface area (Å²) in [6.45, 7) is 4.14. The summed E-state index contributed by atoms with van der Waals surface area (Å²) < 4.78 is 0. The van der Waals surface area contributed by atoms with Crippen LogP contribution in [0.2, 0.25) is 5.02 Å². The van der Waals surface area contributed by atoms with Gasteiger partial charge in [-0.15, -0.1) is 0 Å². The van der Waals surface area contributed by atoms with E-state index in [0.29, 0.717) is 35.3 Å². The van der Waals surface area contributed by atoms with Gasteiger partial charge in [-0.05, 0) is 43.5 Å². The van der Waals surface area contributed by atoms with E-state index in [4.69, 9.17) is 17.3 Å². The Labute approximate surface area is 130 Å². The van der Waals surface area contributed by atoms with Crippen LogP contribution in [0.3, 0.4) is 0 Å². The molecule has 0 aliphatic heterocycles. The number of anilines is 2. The molecule has 0 saturated carbocycles. The van der Waals surface area contributed by atoms with Crippen LogP contribution < -0.4 is 16.4 Å².